The first kappa shape index (κ1) is 14.6. The maximum absolute atomic E-state index is 10.3. The van der Waals surface area contributed by atoms with Crippen LogP contribution in [0.2, 0.25) is 0 Å². The van der Waals surface area contributed by atoms with Gasteiger partial charge in [0, 0.05) is 18.4 Å². The minimum atomic E-state index is -0.609. The number of aliphatic hydroxyl groups is 1. The molecule has 0 radical (unpaired) electrons. The van der Waals surface area contributed by atoms with Gasteiger partial charge in [-0.05, 0) is 68.5 Å². The van der Waals surface area contributed by atoms with Crippen molar-refractivity contribution in [3.63, 3.8) is 0 Å². The number of rotatable bonds is 1. The van der Waals surface area contributed by atoms with E-state index in [4.69, 9.17) is 17.1 Å². The van der Waals surface area contributed by atoms with E-state index in [1.165, 1.54) is 32.1 Å². The van der Waals surface area contributed by atoms with Gasteiger partial charge in [-0.1, -0.05) is 29.7 Å². The summed E-state index contributed by atoms with van der Waals surface area (Å²) in [6.45, 7) is 0.816. The predicted molar refractivity (Wildman–Crippen MR) is 93.0 cm³/mol. The van der Waals surface area contributed by atoms with Gasteiger partial charge in [0.1, 0.15) is 0 Å². The largest absolute Gasteiger partial charge is 0.500 e. The highest BCUT2D eigenvalue weighted by atomic mass is 32.1. The number of hydrogen-bond donors (Lipinski definition) is 2. The van der Waals surface area contributed by atoms with Crippen LogP contribution in [0.5, 0.6) is 0 Å². The zero-order valence-corrected chi connectivity index (χ0v) is 14.3. The van der Waals surface area contributed by atoms with Crippen LogP contribution in [0.1, 0.15) is 44.9 Å². The maximum atomic E-state index is 10.3. The minimum absolute atomic E-state index is 0.0729. The summed E-state index contributed by atoms with van der Waals surface area (Å²) in [5.74, 6) is 2.76. The second-order valence-electron chi connectivity index (χ2n) is 8.14. The van der Waals surface area contributed by atoms with E-state index >= 15 is 0 Å². The van der Waals surface area contributed by atoms with Crippen molar-refractivity contribution in [3.8, 4) is 0 Å². The quantitative estimate of drug-likeness (QED) is 0.716. The lowest BCUT2D eigenvalue weighted by molar-refractivity contribution is -0.0610. The number of thiocarbonyl (C=S) groups is 1. The molecule has 124 valence electrons. The third-order valence-electron chi connectivity index (χ3n) is 7.41. The number of hydroxylamine groups is 1. The van der Waals surface area contributed by atoms with Crippen molar-refractivity contribution in [3.05, 3.63) is 23.3 Å². The maximum Gasteiger partial charge on any atom is 0.192 e. The smallest absolute Gasteiger partial charge is 0.192 e. The molecule has 0 aromatic heterocycles. The molecule has 3 saturated carbocycles. The molecule has 0 amide bonds. The van der Waals surface area contributed by atoms with Crippen LogP contribution in [0.3, 0.4) is 0 Å². The molecule has 0 spiro atoms. The van der Waals surface area contributed by atoms with Crippen LogP contribution >= 0.6 is 12.2 Å². The van der Waals surface area contributed by atoms with E-state index in [0.29, 0.717) is 17.8 Å². The molecule has 6 atom stereocenters. The van der Waals surface area contributed by atoms with E-state index in [1.54, 1.807) is 11.1 Å². The second kappa shape index (κ2) is 5.14. The van der Waals surface area contributed by atoms with Crippen LogP contribution in [0, 0.1) is 29.6 Å². The Bertz CT molecular complexity index is 612. The van der Waals surface area contributed by atoms with Crippen LogP contribution in [-0.2, 0) is 4.84 Å². The molecule has 23 heavy (non-hydrogen) atoms. The molecule has 1 heterocycles. The summed E-state index contributed by atoms with van der Waals surface area (Å²) < 4.78 is 0. The lowest BCUT2D eigenvalue weighted by atomic mass is 9.60. The molecule has 6 unspecified atom stereocenters. The van der Waals surface area contributed by atoms with Gasteiger partial charge < -0.3 is 5.11 Å². The molecule has 0 aromatic carbocycles. The molecule has 1 saturated heterocycles. The van der Waals surface area contributed by atoms with Crippen molar-refractivity contribution in [2.75, 3.05) is 6.54 Å². The van der Waals surface area contributed by atoms with Crippen molar-refractivity contribution in [1.82, 2.24) is 5.48 Å². The van der Waals surface area contributed by atoms with Crippen LogP contribution in [0.15, 0.2) is 23.3 Å². The molecule has 5 aliphatic rings. The van der Waals surface area contributed by atoms with E-state index in [-0.39, 0.29) is 5.05 Å². The fraction of sp³-hybridized carbons (Fsp3) is 0.737. The standard InChI is InChI=1S/C19H25NO2S/c21-18(23)19-12(10-20-22-19)9-16-15-6-5-11-3-1-2-4-13(11)14(15)7-8-17(16)19/h5-6,12-14,16-17,20H,1-4,7-10H2,(H,21,23). The first-order chi connectivity index (χ1) is 11.2. The summed E-state index contributed by atoms with van der Waals surface area (Å²) in [7, 11) is 0. The predicted octanol–water partition coefficient (Wildman–Crippen LogP) is 3.86. The molecule has 2 N–H and O–H groups in total. The molecule has 3 nitrogen and oxygen atoms in total. The van der Waals surface area contributed by atoms with Gasteiger partial charge >= 0.3 is 0 Å². The summed E-state index contributed by atoms with van der Waals surface area (Å²) in [6.07, 6.45) is 13.8. The number of aliphatic hydroxyl groups excluding tert-OH is 1. The van der Waals surface area contributed by atoms with Gasteiger partial charge in [0.05, 0.1) is 0 Å². The van der Waals surface area contributed by atoms with Crippen LogP contribution < -0.4 is 5.48 Å². The van der Waals surface area contributed by atoms with Crippen LogP contribution in [-0.4, -0.2) is 22.3 Å². The van der Waals surface area contributed by atoms with Gasteiger partial charge in [-0.25, -0.2) is 5.48 Å². The first-order valence-electron chi connectivity index (χ1n) is 9.26. The SMILES string of the molecule is OC(=S)C12ONCC1CC1C3=CC=C4CCCCC4C3CCC12. The third kappa shape index (κ3) is 1.86. The fourth-order valence-corrected chi connectivity index (χ4v) is 6.84. The Morgan fingerprint density at radius 3 is 2.96 bits per heavy atom. The van der Waals surface area contributed by atoms with Crippen molar-refractivity contribution in [2.45, 2.75) is 50.5 Å². The molecular formula is C19H25NO2S. The fourth-order valence-electron chi connectivity index (χ4n) is 6.48. The number of fused-ring (bicyclic) bond motifs is 7. The highest BCUT2D eigenvalue weighted by Crippen LogP contribution is 2.60. The average Bonchev–Trinajstić information content (AvgIpc) is 3.11. The number of allylic oxidation sites excluding steroid dienone is 4. The van der Waals surface area contributed by atoms with Gasteiger partial charge in [0.25, 0.3) is 0 Å². The molecule has 4 aliphatic carbocycles. The highest BCUT2D eigenvalue weighted by Gasteiger charge is 2.64. The third-order valence-corrected chi connectivity index (χ3v) is 7.73. The Labute approximate surface area is 143 Å². The van der Waals surface area contributed by atoms with E-state index in [9.17, 15) is 5.11 Å². The molecule has 0 bridgehead atoms. The van der Waals surface area contributed by atoms with E-state index < -0.39 is 5.60 Å². The molecule has 0 aromatic rings. The molecule has 5 rings (SSSR count). The Morgan fingerprint density at radius 1 is 1.17 bits per heavy atom. The Balaban J connectivity index is 1.52. The van der Waals surface area contributed by atoms with E-state index in [1.807, 2.05) is 0 Å². The summed E-state index contributed by atoms with van der Waals surface area (Å²) in [4.78, 5) is 5.90. The monoisotopic (exact) mass is 331 g/mol. The van der Waals surface area contributed by atoms with Crippen LogP contribution in [0.4, 0.5) is 0 Å². The van der Waals surface area contributed by atoms with Crippen molar-refractivity contribution < 1.29 is 9.94 Å². The highest BCUT2D eigenvalue weighted by molar-refractivity contribution is 7.80. The van der Waals surface area contributed by atoms with Gasteiger partial charge in [-0.15, -0.1) is 0 Å². The summed E-state index contributed by atoms with van der Waals surface area (Å²) in [5.41, 5.74) is 5.75. The van der Waals surface area contributed by atoms with Gasteiger partial charge in [-0.2, -0.15) is 0 Å². The van der Waals surface area contributed by atoms with Crippen molar-refractivity contribution >= 4 is 17.3 Å². The Hall–Kier alpha value is -0.710. The van der Waals surface area contributed by atoms with E-state index in [0.717, 1.165) is 31.2 Å². The van der Waals surface area contributed by atoms with Crippen LogP contribution in [0.25, 0.3) is 0 Å². The average molecular weight is 331 g/mol. The molecular weight excluding hydrogens is 306 g/mol. The Morgan fingerprint density at radius 2 is 2.09 bits per heavy atom. The summed E-state index contributed by atoms with van der Waals surface area (Å²) in [5, 5.41) is 10.3. The van der Waals surface area contributed by atoms with E-state index in [2.05, 4.69) is 17.6 Å². The van der Waals surface area contributed by atoms with Gasteiger partial charge in [-0.3, -0.25) is 4.84 Å². The Kier molecular flexibility index (Phi) is 3.27. The lowest BCUT2D eigenvalue weighted by Gasteiger charge is -2.46. The molecule has 4 heteroatoms. The topological polar surface area (TPSA) is 41.5 Å². The minimum Gasteiger partial charge on any atom is -0.500 e. The number of nitrogens with one attached hydrogen (secondary N) is 1. The van der Waals surface area contributed by atoms with Gasteiger partial charge in [0.15, 0.2) is 10.7 Å². The van der Waals surface area contributed by atoms with Crippen molar-refractivity contribution in [2.24, 2.45) is 29.6 Å². The van der Waals surface area contributed by atoms with Crippen molar-refractivity contribution in [1.29, 1.82) is 0 Å². The summed E-state index contributed by atoms with van der Waals surface area (Å²) in [6, 6.07) is 0. The zero-order valence-electron chi connectivity index (χ0n) is 13.5. The normalized spacial score (nSPS) is 47.7. The lowest BCUT2D eigenvalue weighted by Crippen LogP contribution is -2.49. The second-order valence-corrected chi connectivity index (χ2v) is 8.53. The zero-order chi connectivity index (χ0) is 15.6. The summed E-state index contributed by atoms with van der Waals surface area (Å²) >= 11 is 5.25. The first-order valence-corrected chi connectivity index (χ1v) is 9.67. The van der Waals surface area contributed by atoms with Gasteiger partial charge in [0.2, 0.25) is 0 Å². The number of hydrogen-bond acceptors (Lipinski definition) is 3. The molecule has 1 aliphatic heterocycles. The molecule has 4 fully saturated rings.